The first-order valence-electron chi connectivity index (χ1n) is 7.29. The molecule has 0 bridgehead atoms. The summed E-state index contributed by atoms with van der Waals surface area (Å²) in [5.74, 6) is 0.555. The predicted octanol–water partition coefficient (Wildman–Crippen LogP) is 1.99. The molecule has 1 rings (SSSR count). The van der Waals surface area contributed by atoms with Crippen molar-refractivity contribution in [3.63, 3.8) is 0 Å². The van der Waals surface area contributed by atoms with Gasteiger partial charge in [0.1, 0.15) is 5.75 Å². The first-order chi connectivity index (χ1) is 9.84. The first-order valence-corrected chi connectivity index (χ1v) is 7.29. The molecular weight excluding hydrogens is 268 g/mol. The summed E-state index contributed by atoms with van der Waals surface area (Å²) in [6.45, 7) is 8.02. The predicted molar refractivity (Wildman–Crippen MR) is 84.7 cm³/mol. The number of hydrogen-bond acceptors (Lipinski definition) is 5. The number of aliphatic hydroxyl groups is 1. The lowest BCUT2D eigenvalue weighted by molar-refractivity contribution is 0.0896. The van der Waals surface area contributed by atoms with E-state index in [9.17, 15) is 9.90 Å². The Balaban J connectivity index is 2.93. The molecule has 4 N–H and O–H groups in total. The molecule has 0 spiro atoms. The second kappa shape index (κ2) is 7.43. The molecule has 0 heterocycles. The quantitative estimate of drug-likeness (QED) is 0.504. The van der Waals surface area contributed by atoms with Gasteiger partial charge < -0.3 is 15.6 Å². The number of carbonyl (C=O) groups is 1. The molecule has 0 radical (unpaired) electrons. The molecule has 0 saturated heterocycles. The van der Waals surface area contributed by atoms with Gasteiger partial charge in [0.25, 0.3) is 0 Å². The van der Waals surface area contributed by atoms with Crippen molar-refractivity contribution >= 4 is 11.5 Å². The smallest absolute Gasteiger partial charge is 0.179 e. The number of ketones is 1. The van der Waals surface area contributed by atoms with Crippen LogP contribution in [-0.4, -0.2) is 35.7 Å². The zero-order valence-corrected chi connectivity index (χ0v) is 13.3. The van der Waals surface area contributed by atoms with Gasteiger partial charge in [0.2, 0.25) is 0 Å². The van der Waals surface area contributed by atoms with Gasteiger partial charge in [-0.2, -0.15) is 0 Å². The van der Waals surface area contributed by atoms with Crippen LogP contribution in [0.25, 0.3) is 0 Å². The molecule has 1 aromatic carbocycles. The molecule has 0 aliphatic heterocycles. The number of rotatable bonds is 8. The minimum atomic E-state index is -0.507. The van der Waals surface area contributed by atoms with Gasteiger partial charge in [-0.15, -0.1) is 0 Å². The number of nitrogens with one attached hydrogen (secondary N) is 1. The number of benzene rings is 1. The Bertz CT molecular complexity index is 486. The highest BCUT2D eigenvalue weighted by Crippen LogP contribution is 2.23. The number of hydrogen-bond donors (Lipinski definition) is 3. The van der Waals surface area contributed by atoms with Crippen LogP contribution < -0.4 is 15.8 Å². The third kappa shape index (κ3) is 4.72. The Morgan fingerprint density at radius 1 is 1.43 bits per heavy atom. The molecular formula is C16H26N2O3. The van der Waals surface area contributed by atoms with E-state index in [1.807, 2.05) is 27.7 Å². The maximum absolute atomic E-state index is 12.6. The van der Waals surface area contributed by atoms with Crippen molar-refractivity contribution < 1.29 is 14.6 Å². The summed E-state index contributed by atoms with van der Waals surface area (Å²) >= 11 is 0. The third-order valence-corrected chi connectivity index (χ3v) is 3.28. The summed E-state index contributed by atoms with van der Waals surface area (Å²) in [6, 6.07) is 4.73. The molecule has 118 valence electrons. The van der Waals surface area contributed by atoms with Crippen molar-refractivity contribution in [2.45, 2.75) is 45.7 Å². The van der Waals surface area contributed by atoms with E-state index in [4.69, 9.17) is 10.5 Å². The van der Waals surface area contributed by atoms with Crippen molar-refractivity contribution in [3.8, 4) is 5.75 Å². The Kier molecular flexibility index (Phi) is 6.18. The number of Topliss-reactive ketones (excluding diaryl/α,β-unsaturated/α-hetero) is 1. The SMILES string of the molecule is CCOc1ccc(C(=O)C(CC)NC(C)(C)CO)cc1N. The Hall–Kier alpha value is -1.59. The molecule has 5 heteroatoms. The van der Waals surface area contributed by atoms with Gasteiger partial charge in [0.15, 0.2) is 5.78 Å². The van der Waals surface area contributed by atoms with E-state index in [0.717, 1.165) is 0 Å². The summed E-state index contributed by atoms with van der Waals surface area (Å²) in [5, 5.41) is 12.5. The fourth-order valence-electron chi connectivity index (χ4n) is 2.06. The van der Waals surface area contributed by atoms with Crippen LogP contribution in [0.3, 0.4) is 0 Å². The standard InChI is InChI=1S/C16H26N2O3/c1-5-13(18-16(3,4)10-19)15(20)11-7-8-14(21-6-2)12(17)9-11/h7-9,13,18-19H,5-6,10,17H2,1-4H3. The largest absolute Gasteiger partial charge is 0.492 e. The highest BCUT2D eigenvalue weighted by molar-refractivity contribution is 6.01. The zero-order valence-electron chi connectivity index (χ0n) is 13.3. The Labute approximate surface area is 126 Å². The molecule has 0 aromatic heterocycles. The summed E-state index contributed by atoms with van der Waals surface area (Å²) in [6.07, 6.45) is 0.634. The molecule has 1 aromatic rings. The van der Waals surface area contributed by atoms with E-state index in [1.165, 1.54) is 0 Å². The number of nitrogen functional groups attached to an aromatic ring is 1. The van der Waals surface area contributed by atoms with E-state index in [-0.39, 0.29) is 18.4 Å². The minimum absolute atomic E-state index is 0.0335. The van der Waals surface area contributed by atoms with Gasteiger partial charge in [-0.05, 0) is 45.4 Å². The van der Waals surface area contributed by atoms with Gasteiger partial charge in [-0.25, -0.2) is 0 Å². The number of aliphatic hydroxyl groups excluding tert-OH is 1. The third-order valence-electron chi connectivity index (χ3n) is 3.28. The molecule has 21 heavy (non-hydrogen) atoms. The highest BCUT2D eigenvalue weighted by atomic mass is 16.5. The maximum Gasteiger partial charge on any atom is 0.179 e. The normalized spacial score (nSPS) is 13.0. The van der Waals surface area contributed by atoms with E-state index >= 15 is 0 Å². The number of carbonyl (C=O) groups excluding carboxylic acids is 1. The number of nitrogens with two attached hydrogens (primary N) is 1. The van der Waals surface area contributed by atoms with E-state index in [2.05, 4.69) is 5.32 Å². The molecule has 1 atom stereocenters. The van der Waals surface area contributed by atoms with Crippen LogP contribution in [-0.2, 0) is 0 Å². The van der Waals surface area contributed by atoms with Gasteiger partial charge in [-0.3, -0.25) is 10.1 Å². The molecule has 0 saturated carbocycles. The average molecular weight is 294 g/mol. The second-order valence-electron chi connectivity index (χ2n) is 5.70. The van der Waals surface area contributed by atoms with Gasteiger partial charge >= 0.3 is 0 Å². The van der Waals surface area contributed by atoms with Gasteiger partial charge in [-0.1, -0.05) is 6.92 Å². The van der Waals surface area contributed by atoms with Crippen LogP contribution in [0.5, 0.6) is 5.75 Å². The number of anilines is 1. The van der Waals surface area contributed by atoms with Crippen LogP contribution in [0.1, 0.15) is 44.5 Å². The van der Waals surface area contributed by atoms with E-state index in [1.54, 1.807) is 18.2 Å². The van der Waals surface area contributed by atoms with Crippen LogP contribution >= 0.6 is 0 Å². The summed E-state index contributed by atoms with van der Waals surface area (Å²) in [4.78, 5) is 12.6. The summed E-state index contributed by atoms with van der Waals surface area (Å²) in [5.41, 5.74) is 6.40. The van der Waals surface area contributed by atoms with Crippen molar-refractivity contribution in [3.05, 3.63) is 23.8 Å². The van der Waals surface area contributed by atoms with Crippen molar-refractivity contribution in [1.82, 2.24) is 5.32 Å². The van der Waals surface area contributed by atoms with E-state index < -0.39 is 5.54 Å². The fourth-order valence-corrected chi connectivity index (χ4v) is 2.06. The molecule has 1 unspecified atom stereocenters. The zero-order chi connectivity index (χ0) is 16.0. The van der Waals surface area contributed by atoms with Crippen LogP contribution in [0.2, 0.25) is 0 Å². The molecule has 0 aliphatic carbocycles. The molecule has 5 nitrogen and oxygen atoms in total. The average Bonchev–Trinajstić information content (AvgIpc) is 2.46. The summed E-state index contributed by atoms with van der Waals surface area (Å²) in [7, 11) is 0. The Morgan fingerprint density at radius 3 is 2.57 bits per heavy atom. The lowest BCUT2D eigenvalue weighted by atomic mass is 9.97. The lowest BCUT2D eigenvalue weighted by Crippen LogP contribution is -2.51. The molecule has 0 fully saturated rings. The van der Waals surface area contributed by atoms with Crippen molar-refractivity contribution in [1.29, 1.82) is 0 Å². The first kappa shape index (κ1) is 17.5. The van der Waals surface area contributed by atoms with E-state index in [0.29, 0.717) is 30.0 Å². The van der Waals surface area contributed by atoms with Crippen molar-refractivity contribution in [2.24, 2.45) is 0 Å². The maximum atomic E-state index is 12.6. The monoisotopic (exact) mass is 294 g/mol. The minimum Gasteiger partial charge on any atom is -0.492 e. The van der Waals surface area contributed by atoms with Crippen LogP contribution in [0.4, 0.5) is 5.69 Å². The highest BCUT2D eigenvalue weighted by Gasteiger charge is 2.26. The van der Waals surface area contributed by atoms with Gasteiger partial charge in [0.05, 0.1) is 24.9 Å². The second-order valence-corrected chi connectivity index (χ2v) is 5.70. The fraction of sp³-hybridized carbons (Fsp3) is 0.562. The van der Waals surface area contributed by atoms with Crippen LogP contribution in [0, 0.1) is 0 Å². The van der Waals surface area contributed by atoms with Crippen molar-refractivity contribution in [2.75, 3.05) is 18.9 Å². The molecule has 0 aliphatic rings. The molecule has 0 amide bonds. The Morgan fingerprint density at radius 2 is 2.10 bits per heavy atom. The summed E-state index contributed by atoms with van der Waals surface area (Å²) < 4.78 is 5.37. The lowest BCUT2D eigenvalue weighted by Gasteiger charge is -2.29. The number of ether oxygens (including phenoxy) is 1. The van der Waals surface area contributed by atoms with Crippen LogP contribution in [0.15, 0.2) is 18.2 Å². The topological polar surface area (TPSA) is 84.6 Å². The van der Waals surface area contributed by atoms with Gasteiger partial charge in [0, 0.05) is 11.1 Å².